The summed E-state index contributed by atoms with van der Waals surface area (Å²) >= 11 is -4.29. The molecule has 5 heavy (non-hydrogen) atoms. The maximum absolute atomic E-state index is 8.61. The Kier molecular flexibility index (Phi) is 10.7. The molecule has 5 heteroatoms. The zero-order valence-corrected chi connectivity index (χ0v) is 8.93. The minimum atomic E-state index is -4.29. The van der Waals surface area contributed by atoms with Gasteiger partial charge in [0.25, 0.3) is 0 Å². The van der Waals surface area contributed by atoms with Gasteiger partial charge in [-0.1, -0.05) is 0 Å². The van der Waals surface area contributed by atoms with Crippen molar-refractivity contribution < 1.29 is 59.1 Å². The van der Waals surface area contributed by atoms with E-state index in [-0.39, 0.29) is 27.3 Å². The van der Waals surface area contributed by atoms with Crippen molar-refractivity contribution in [3.8, 4) is 0 Å². The van der Waals surface area contributed by atoms with Crippen molar-refractivity contribution >= 4 is 0 Å². The number of hydrogen-bond donors (Lipinski definition) is 0. The fourth-order valence-corrected chi connectivity index (χ4v) is 0. The van der Waals surface area contributed by atoms with Gasteiger partial charge in [0.1, 0.15) is 0 Å². The third kappa shape index (κ3) is 29.5. The Morgan fingerprint density at radius 3 is 1.40 bits per heavy atom. The van der Waals surface area contributed by atoms with E-state index < -0.39 is 22.6 Å². The summed E-state index contributed by atoms with van der Waals surface area (Å²) in [6.07, 6.45) is 0. The third-order valence-corrected chi connectivity index (χ3v) is 0. The molecule has 0 saturated carbocycles. The predicted octanol–water partition coefficient (Wildman–Crippen LogP) is -2.50. The minimum absolute atomic E-state index is 0. The summed E-state index contributed by atoms with van der Waals surface area (Å²) in [4.78, 5) is 0. The van der Waals surface area contributed by atoms with Gasteiger partial charge in [-0.2, -0.15) is 0 Å². The first-order valence-corrected chi connectivity index (χ1v) is 3.62. The second kappa shape index (κ2) is 5.53. The summed E-state index contributed by atoms with van der Waals surface area (Å²) in [7, 11) is 0. The van der Waals surface area contributed by atoms with E-state index in [1.807, 2.05) is 0 Å². The van der Waals surface area contributed by atoms with Gasteiger partial charge in [0.05, 0.1) is 0 Å². The molecule has 0 rings (SSSR count). The maximum atomic E-state index is 8.61. The van der Waals surface area contributed by atoms with E-state index in [0.29, 0.717) is 0 Å². The monoisotopic (exact) mass is 252 g/mol. The Balaban J connectivity index is 0. The van der Waals surface area contributed by atoms with Gasteiger partial charge in [-0.3, -0.25) is 0 Å². The summed E-state index contributed by atoms with van der Waals surface area (Å²) in [5.41, 5.74) is 0. The van der Waals surface area contributed by atoms with Gasteiger partial charge in [-0.15, -0.1) is 0 Å². The van der Waals surface area contributed by atoms with Gasteiger partial charge in [0.15, 0.2) is 0 Å². The fraction of sp³-hybridized carbons (Fsp3) is 0. The van der Waals surface area contributed by atoms with Gasteiger partial charge in [0, 0.05) is 0 Å². The van der Waals surface area contributed by atoms with Crippen LogP contribution in [-0.4, -0.2) is 0 Å². The number of hydrogen-bond acceptors (Lipinski definition) is 3. The van der Waals surface area contributed by atoms with Gasteiger partial charge in [-0.05, 0) is 0 Å². The van der Waals surface area contributed by atoms with Crippen LogP contribution < -0.4 is 6.37 Å². The molecule has 0 fully saturated rings. The second-order valence-electron chi connectivity index (χ2n) is 0.250. The van der Waals surface area contributed by atoms with E-state index >= 15 is 0 Å². The molecule has 0 aromatic rings. The van der Waals surface area contributed by atoms with Crippen molar-refractivity contribution in [2.45, 2.75) is 0 Å². The summed E-state index contributed by atoms with van der Waals surface area (Å²) in [6, 6.07) is 0. The average molecular weight is 252 g/mol. The van der Waals surface area contributed by atoms with Crippen LogP contribution in [0.2, 0.25) is 0 Å². The first-order valence-electron chi connectivity index (χ1n) is 0.612. The summed E-state index contributed by atoms with van der Waals surface area (Å²) in [5, 5.41) is 0. The van der Waals surface area contributed by atoms with Crippen molar-refractivity contribution in [2.24, 2.45) is 0 Å². The number of rotatable bonds is 0. The summed E-state index contributed by atoms with van der Waals surface area (Å²) in [6.45, 7) is 0. The molecular formula is CdO3Zr. The van der Waals surface area contributed by atoms with E-state index in [1.165, 1.54) is 0 Å². The van der Waals surface area contributed by atoms with Crippen LogP contribution >= 0.6 is 0 Å². The van der Waals surface area contributed by atoms with E-state index in [0.717, 1.165) is 0 Å². The molecule has 0 amide bonds. The Hall–Kier alpha value is 1.53. The van der Waals surface area contributed by atoms with E-state index in [2.05, 4.69) is 0 Å². The zero-order valence-electron chi connectivity index (χ0n) is 2.43. The molecule has 0 aromatic carbocycles. The van der Waals surface area contributed by atoms with Crippen LogP contribution in [0.25, 0.3) is 0 Å². The predicted molar refractivity (Wildman–Crippen MR) is 0.686 cm³/mol. The van der Waals surface area contributed by atoms with E-state index in [1.54, 1.807) is 0 Å². The molecule has 0 saturated heterocycles. The van der Waals surface area contributed by atoms with E-state index in [4.69, 9.17) is 9.18 Å². The molecule has 0 aromatic heterocycles. The Morgan fingerprint density at radius 1 is 1.40 bits per heavy atom. The topological polar surface area (TPSA) is 63.2 Å². The molecule has 0 N–H and O–H groups in total. The van der Waals surface area contributed by atoms with Gasteiger partial charge < -0.3 is 0 Å². The van der Waals surface area contributed by atoms with Gasteiger partial charge >= 0.3 is 59.1 Å². The van der Waals surface area contributed by atoms with Crippen LogP contribution in [0, 0.1) is 0 Å². The van der Waals surface area contributed by atoms with Gasteiger partial charge in [0.2, 0.25) is 0 Å². The second-order valence-corrected chi connectivity index (χ2v) is 1.48. The summed E-state index contributed by atoms with van der Waals surface area (Å²) in [5.74, 6) is 0. The normalized spacial score (nSPS) is 5.20. The molecule has 0 atom stereocenters. The van der Waals surface area contributed by atoms with Crippen molar-refractivity contribution in [2.75, 3.05) is 0 Å². The standard InChI is InChI=1S/Cd.3O.Zr/q+2;;2*-1;. The van der Waals surface area contributed by atoms with Crippen molar-refractivity contribution in [1.29, 1.82) is 0 Å². The Bertz CT molecular complexity index is 29.9. The van der Waals surface area contributed by atoms with Crippen LogP contribution in [0.1, 0.15) is 0 Å². The molecule has 0 unspecified atom stereocenters. The third-order valence-electron chi connectivity index (χ3n) is 0. The van der Waals surface area contributed by atoms with Gasteiger partial charge in [-0.25, -0.2) is 0 Å². The molecule has 24 valence electrons. The molecule has 0 aliphatic heterocycles. The zero-order chi connectivity index (χ0) is 3.58. The van der Waals surface area contributed by atoms with Crippen LogP contribution in [0.15, 0.2) is 0 Å². The quantitative estimate of drug-likeness (QED) is 0.447. The van der Waals surface area contributed by atoms with Crippen molar-refractivity contribution in [3.63, 3.8) is 0 Å². The van der Waals surface area contributed by atoms with Crippen LogP contribution in [0.4, 0.5) is 0 Å². The molecular weight excluding hydrogens is 252 g/mol. The van der Waals surface area contributed by atoms with Crippen LogP contribution in [-0.2, 0) is 52.7 Å². The molecule has 0 aliphatic rings. The van der Waals surface area contributed by atoms with Crippen LogP contribution in [0.3, 0.4) is 0 Å². The fourth-order valence-electron chi connectivity index (χ4n) is 0. The average Bonchev–Trinajstić information content (AvgIpc) is 0.811. The molecule has 3 nitrogen and oxygen atoms in total. The molecule has 0 bridgehead atoms. The van der Waals surface area contributed by atoms with Crippen molar-refractivity contribution in [3.05, 3.63) is 0 Å². The molecule has 0 radical (unpaired) electrons. The first kappa shape index (κ1) is 9.73. The Morgan fingerprint density at radius 2 is 1.40 bits per heavy atom. The van der Waals surface area contributed by atoms with Crippen LogP contribution in [0.5, 0.6) is 0 Å². The Labute approximate surface area is 58.5 Å². The molecule has 0 aliphatic carbocycles. The first-order chi connectivity index (χ1) is 1.73. The van der Waals surface area contributed by atoms with Crippen molar-refractivity contribution in [1.82, 2.24) is 0 Å². The van der Waals surface area contributed by atoms with E-state index in [9.17, 15) is 0 Å². The SMILES string of the molecule is [Cd+2].[O]=[Zr]([O-])[O-]. The molecule has 0 spiro atoms. The molecule has 0 heterocycles. The summed E-state index contributed by atoms with van der Waals surface area (Å²) < 4.78 is 25.8.